The summed E-state index contributed by atoms with van der Waals surface area (Å²) in [5.74, 6) is 1.83. The Kier molecular flexibility index (Phi) is 5.32. The highest BCUT2D eigenvalue weighted by Gasteiger charge is 2.18. The average Bonchev–Trinajstić information content (AvgIpc) is 3.40. The van der Waals surface area contributed by atoms with Gasteiger partial charge in [-0.1, -0.05) is 68.3 Å². The number of rotatable bonds is 4. The van der Waals surface area contributed by atoms with E-state index in [0.29, 0.717) is 0 Å². The fourth-order valence-corrected chi connectivity index (χ4v) is 5.38. The maximum absolute atomic E-state index is 5.04. The van der Waals surface area contributed by atoms with E-state index in [1.165, 1.54) is 0 Å². The molecule has 7 heteroatoms. The van der Waals surface area contributed by atoms with Crippen molar-refractivity contribution < 1.29 is 0 Å². The number of fused-ring (bicyclic) bond motifs is 2. The molecule has 4 heterocycles. The number of nitrogens with zero attached hydrogens (tertiary/aromatic N) is 4. The van der Waals surface area contributed by atoms with E-state index < -0.39 is 0 Å². The van der Waals surface area contributed by atoms with E-state index in [1.54, 1.807) is 11.8 Å². The molecule has 0 aliphatic heterocycles. The number of hydrogen-bond acceptors (Lipinski definition) is 3. The molecule has 0 fully saturated rings. The van der Waals surface area contributed by atoms with Crippen LogP contribution < -0.4 is 0 Å². The quantitative estimate of drug-likeness (QED) is 0.214. The molecule has 0 saturated heterocycles. The number of aromatic nitrogens is 4. The van der Waals surface area contributed by atoms with Crippen LogP contribution in [0.15, 0.2) is 116 Å². The molecule has 4 aromatic heterocycles. The summed E-state index contributed by atoms with van der Waals surface area (Å²) in [5.41, 5.74) is 4.25. The first-order chi connectivity index (χ1) is 16.2. The Hall–Kier alpha value is -2.87. The van der Waals surface area contributed by atoms with Gasteiger partial charge in [0.15, 0.2) is 0 Å². The Morgan fingerprint density at radius 2 is 0.970 bits per heavy atom. The number of halogens is 2. The van der Waals surface area contributed by atoms with Gasteiger partial charge in [-0.05, 0) is 60.3 Å². The molecule has 4 nitrogen and oxygen atoms in total. The highest BCUT2D eigenvalue weighted by Crippen LogP contribution is 2.37. The molecule has 0 amide bonds. The van der Waals surface area contributed by atoms with E-state index in [-0.39, 0.29) is 0 Å². The lowest BCUT2D eigenvalue weighted by atomic mass is 10.2. The van der Waals surface area contributed by atoms with Crippen LogP contribution in [-0.2, 0) is 0 Å². The lowest BCUT2D eigenvalue weighted by molar-refractivity contribution is 1.14. The lowest BCUT2D eigenvalue weighted by Gasteiger charge is -2.01. The Labute approximate surface area is 211 Å². The van der Waals surface area contributed by atoms with Crippen molar-refractivity contribution in [3.63, 3.8) is 0 Å². The van der Waals surface area contributed by atoms with Crippen LogP contribution in [0.1, 0.15) is 0 Å². The second kappa shape index (κ2) is 8.48. The SMILES string of the molecule is Brc1ccc(-c2nc(Sc3nc(-c4ccc(Br)cc4)n4ccccc34)c3ccccn23)cc1. The molecule has 0 N–H and O–H groups in total. The first-order valence-corrected chi connectivity index (χ1v) is 12.7. The Morgan fingerprint density at radius 1 is 0.545 bits per heavy atom. The van der Waals surface area contributed by atoms with Crippen molar-refractivity contribution >= 4 is 54.7 Å². The van der Waals surface area contributed by atoms with Gasteiger partial charge in [-0.2, -0.15) is 0 Å². The van der Waals surface area contributed by atoms with Crippen LogP contribution in [0, 0.1) is 0 Å². The zero-order valence-corrected chi connectivity index (χ0v) is 21.2. The number of benzene rings is 2. The van der Waals surface area contributed by atoms with E-state index in [2.05, 4.69) is 89.5 Å². The highest BCUT2D eigenvalue weighted by atomic mass is 79.9. The van der Waals surface area contributed by atoms with Crippen LogP contribution >= 0.6 is 43.6 Å². The van der Waals surface area contributed by atoms with Crippen LogP contribution in [0.2, 0.25) is 0 Å². The molecule has 0 aliphatic rings. The van der Waals surface area contributed by atoms with Gasteiger partial charge < -0.3 is 0 Å². The maximum Gasteiger partial charge on any atom is 0.145 e. The van der Waals surface area contributed by atoms with E-state index in [1.807, 2.05) is 48.5 Å². The molecule has 0 spiro atoms. The fourth-order valence-electron chi connectivity index (χ4n) is 3.87. The monoisotopic (exact) mass is 574 g/mol. The molecule has 0 atom stereocenters. The van der Waals surface area contributed by atoms with Gasteiger partial charge in [-0.25, -0.2) is 9.97 Å². The molecule has 0 saturated carbocycles. The summed E-state index contributed by atoms with van der Waals surface area (Å²) >= 11 is 8.64. The summed E-state index contributed by atoms with van der Waals surface area (Å²) in [6.45, 7) is 0. The molecule has 160 valence electrons. The zero-order valence-electron chi connectivity index (χ0n) is 17.2. The third-order valence-corrected chi connectivity index (χ3v) is 7.47. The molecular weight excluding hydrogens is 560 g/mol. The molecule has 2 aromatic carbocycles. The van der Waals surface area contributed by atoms with Crippen LogP contribution in [0.3, 0.4) is 0 Å². The molecule has 0 aliphatic carbocycles. The van der Waals surface area contributed by atoms with E-state index in [0.717, 1.165) is 52.8 Å². The van der Waals surface area contributed by atoms with Crippen LogP contribution in [-0.4, -0.2) is 18.8 Å². The fraction of sp³-hybridized carbons (Fsp3) is 0. The molecule has 0 unspecified atom stereocenters. The smallest absolute Gasteiger partial charge is 0.145 e. The molecule has 33 heavy (non-hydrogen) atoms. The summed E-state index contributed by atoms with van der Waals surface area (Å²) in [4.78, 5) is 10.1. The van der Waals surface area contributed by atoms with Crippen molar-refractivity contribution in [1.82, 2.24) is 18.8 Å². The second-order valence-electron chi connectivity index (χ2n) is 7.51. The number of pyridine rings is 2. The molecule has 0 bridgehead atoms. The average molecular weight is 576 g/mol. The van der Waals surface area contributed by atoms with Gasteiger partial charge in [-0.3, -0.25) is 8.80 Å². The first kappa shape index (κ1) is 20.7. The minimum absolute atomic E-state index is 0.914. The van der Waals surface area contributed by atoms with Crippen molar-refractivity contribution in [1.29, 1.82) is 0 Å². The minimum atomic E-state index is 0.914. The van der Waals surface area contributed by atoms with Crippen LogP contribution in [0.4, 0.5) is 0 Å². The third-order valence-electron chi connectivity index (χ3n) is 5.43. The Morgan fingerprint density at radius 3 is 1.39 bits per heavy atom. The van der Waals surface area contributed by atoms with Crippen molar-refractivity contribution in [2.75, 3.05) is 0 Å². The molecule has 6 rings (SSSR count). The molecule has 6 aromatic rings. The van der Waals surface area contributed by atoms with Gasteiger partial charge in [0.25, 0.3) is 0 Å². The normalized spacial score (nSPS) is 11.5. The third kappa shape index (κ3) is 3.80. The zero-order chi connectivity index (χ0) is 22.4. The standard InChI is InChI=1S/C26H16Br2N4S/c27-19-11-7-17(8-12-19)23-29-25(21-5-1-3-15-31(21)23)33-26-22-6-2-4-16-32(22)24(30-26)18-9-13-20(28)14-10-18/h1-16H. The Bertz CT molecular complexity index is 1480. The van der Waals surface area contributed by atoms with Crippen LogP contribution in [0.25, 0.3) is 33.8 Å². The summed E-state index contributed by atoms with van der Waals surface area (Å²) in [6.07, 6.45) is 4.12. The number of hydrogen-bond donors (Lipinski definition) is 0. The van der Waals surface area contributed by atoms with Gasteiger partial charge in [-0.15, -0.1) is 0 Å². The van der Waals surface area contributed by atoms with Gasteiger partial charge >= 0.3 is 0 Å². The second-order valence-corrected chi connectivity index (χ2v) is 10.3. The summed E-state index contributed by atoms with van der Waals surface area (Å²) in [7, 11) is 0. The van der Waals surface area contributed by atoms with Gasteiger partial charge in [0, 0.05) is 32.5 Å². The molecule has 0 radical (unpaired) electrons. The maximum atomic E-state index is 5.04. The van der Waals surface area contributed by atoms with Gasteiger partial charge in [0.05, 0.1) is 11.0 Å². The minimum Gasteiger partial charge on any atom is -0.299 e. The van der Waals surface area contributed by atoms with Crippen molar-refractivity contribution in [3.8, 4) is 22.8 Å². The van der Waals surface area contributed by atoms with Crippen molar-refractivity contribution in [2.45, 2.75) is 10.1 Å². The first-order valence-electron chi connectivity index (χ1n) is 10.3. The molecular formula is C26H16Br2N4S. The van der Waals surface area contributed by atoms with Gasteiger partial charge in [0.1, 0.15) is 21.7 Å². The highest BCUT2D eigenvalue weighted by molar-refractivity contribution is 9.10. The topological polar surface area (TPSA) is 34.6 Å². The van der Waals surface area contributed by atoms with E-state index >= 15 is 0 Å². The van der Waals surface area contributed by atoms with Crippen molar-refractivity contribution in [3.05, 3.63) is 106 Å². The lowest BCUT2D eigenvalue weighted by Crippen LogP contribution is -1.87. The predicted octanol–water partition coefficient (Wildman–Crippen LogP) is 7.99. The summed E-state index contributed by atoms with van der Waals surface area (Å²) in [5, 5.41) is 1.86. The van der Waals surface area contributed by atoms with Gasteiger partial charge in [0.2, 0.25) is 0 Å². The van der Waals surface area contributed by atoms with E-state index in [4.69, 9.17) is 9.97 Å². The largest absolute Gasteiger partial charge is 0.299 e. The summed E-state index contributed by atoms with van der Waals surface area (Å²) < 4.78 is 6.37. The van der Waals surface area contributed by atoms with Crippen molar-refractivity contribution in [2.24, 2.45) is 0 Å². The summed E-state index contributed by atoms with van der Waals surface area (Å²) in [6, 6.07) is 28.9. The van der Waals surface area contributed by atoms with E-state index in [9.17, 15) is 0 Å². The predicted molar refractivity (Wildman–Crippen MR) is 141 cm³/mol. The Balaban J connectivity index is 1.49. The number of imidazole rings is 2. The van der Waals surface area contributed by atoms with Crippen LogP contribution in [0.5, 0.6) is 0 Å².